The monoisotopic (exact) mass is 635 g/mol. The molecule has 6 rings (SSSR count). The standard InChI is InChI=1S/C31H28F3N7O3S/c1-19(42)38-30-40-28-24(8-5-9-25(28)45-30)44-27-14-23(36-18-37-27)22-10-11-26(31(32,33)34)39-29(22)35-15-21-17-41(12-13-43-21)16-20-6-3-2-4-7-20/h2-11,14,18,21H,12-13,15-17H2,1H3,(H,35,39)(H,38,40,42). The van der Waals surface area contributed by atoms with Crippen molar-refractivity contribution in [3.63, 3.8) is 0 Å². The fourth-order valence-corrected chi connectivity index (χ4v) is 5.85. The third-order valence-electron chi connectivity index (χ3n) is 6.95. The lowest BCUT2D eigenvalue weighted by molar-refractivity contribution is -0.141. The number of carbonyl (C=O) groups is 1. The van der Waals surface area contributed by atoms with Crippen molar-refractivity contribution >= 4 is 38.4 Å². The van der Waals surface area contributed by atoms with Gasteiger partial charge in [0, 0.05) is 44.7 Å². The van der Waals surface area contributed by atoms with Crippen LogP contribution < -0.4 is 15.4 Å². The van der Waals surface area contributed by atoms with Crippen molar-refractivity contribution in [1.29, 1.82) is 0 Å². The molecule has 1 fully saturated rings. The minimum atomic E-state index is -4.63. The average Bonchev–Trinajstić information content (AvgIpc) is 3.43. The number of nitrogens with one attached hydrogen (secondary N) is 2. The van der Waals surface area contributed by atoms with E-state index in [1.165, 1.54) is 42.3 Å². The van der Waals surface area contributed by atoms with Crippen LogP contribution in [0, 0.1) is 0 Å². The number of fused-ring (bicyclic) bond motifs is 1. The fraction of sp³-hybridized carbons (Fsp3) is 0.258. The molecule has 0 radical (unpaired) electrons. The highest BCUT2D eigenvalue weighted by atomic mass is 32.1. The van der Waals surface area contributed by atoms with E-state index in [1.807, 2.05) is 24.3 Å². The van der Waals surface area contributed by atoms with Gasteiger partial charge in [0.25, 0.3) is 0 Å². The molecular weight excluding hydrogens is 607 g/mol. The Labute approximate surface area is 260 Å². The maximum atomic E-state index is 13.7. The van der Waals surface area contributed by atoms with Gasteiger partial charge < -0.3 is 20.1 Å². The summed E-state index contributed by atoms with van der Waals surface area (Å²) in [5.74, 6) is 0.314. The molecule has 0 saturated carbocycles. The lowest BCUT2D eigenvalue weighted by Crippen LogP contribution is -2.44. The van der Waals surface area contributed by atoms with Crippen LogP contribution in [0.2, 0.25) is 0 Å². The molecule has 0 aliphatic carbocycles. The molecule has 10 nitrogen and oxygen atoms in total. The van der Waals surface area contributed by atoms with Gasteiger partial charge in [-0.15, -0.1) is 0 Å². The molecule has 1 amide bonds. The Hall–Kier alpha value is -4.66. The highest BCUT2D eigenvalue weighted by Gasteiger charge is 2.33. The minimum absolute atomic E-state index is 0.0137. The number of para-hydroxylation sites is 1. The number of hydrogen-bond donors (Lipinski definition) is 2. The topological polar surface area (TPSA) is 114 Å². The molecule has 1 unspecified atom stereocenters. The average molecular weight is 636 g/mol. The van der Waals surface area contributed by atoms with Crippen molar-refractivity contribution in [3.8, 4) is 22.9 Å². The van der Waals surface area contributed by atoms with E-state index in [9.17, 15) is 18.0 Å². The van der Waals surface area contributed by atoms with Crippen molar-refractivity contribution < 1.29 is 27.4 Å². The summed E-state index contributed by atoms with van der Waals surface area (Å²) in [6.07, 6.45) is -3.64. The minimum Gasteiger partial charge on any atom is -0.437 e. The van der Waals surface area contributed by atoms with Crippen LogP contribution in [-0.4, -0.2) is 63.1 Å². The van der Waals surface area contributed by atoms with Crippen molar-refractivity contribution in [1.82, 2.24) is 24.8 Å². The molecule has 2 N–H and O–H groups in total. The number of rotatable bonds is 9. The second-order valence-corrected chi connectivity index (χ2v) is 11.4. The summed E-state index contributed by atoms with van der Waals surface area (Å²) in [5.41, 5.74) is 1.32. The lowest BCUT2D eigenvalue weighted by Gasteiger charge is -2.33. The highest BCUT2D eigenvalue weighted by molar-refractivity contribution is 7.22. The molecule has 5 aromatic rings. The molecule has 45 heavy (non-hydrogen) atoms. The number of alkyl halides is 3. The molecule has 1 saturated heterocycles. The Balaban J connectivity index is 1.22. The number of ether oxygens (including phenoxy) is 2. The van der Waals surface area contributed by atoms with Gasteiger partial charge in [0.15, 0.2) is 10.9 Å². The molecule has 2 aromatic carbocycles. The zero-order chi connectivity index (χ0) is 31.4. The van der Waals surface area contributed by atoms with Crippen LogP contribution in [0.5, 0.6) is 11.6 Å². The number of hydrogen-bond acceptors (Lipinski definition) is 10. The maximum Gasteiger partial charge on any atom is 0.433 e. The zero-order valence-electron chi connectivity index (χ0n) is 24.0. The van der Waals surface area contributed by atoms with Crippen LogP contribution >= 0.6 is 11.3 Å². The molecular formula is C31H28F3N7O3S. The molecule has 3 aromatic heterocycles. The number of halogens is 3. The number of benzene rings is 2. The van der Waals surface area contributed by atoms with Gasteiger partial charge in [0.1, 0.15) is 23.4 Å². The largest absolute Gasteiger partial charge is 0.437 e. The molecule has 4 heterocycles. The third kappa shape index (κ3) is 7.53. The second kappa shape index (κ2) is 13.1. The van der Waals surface area contributed by atoms with E-state index >= 15 is 0 Å². The number of morpholine rings is 1. The number of nitrogens with zero attached hydrogens (tertiary/aromatic N) is 5. The predicted molar refractivity (Wildman–Crippen MR) is 164 cm³/mol. The Morgan fingerprint density at radius 1 is 1.09 bits per heavy atom. The van der Waals surface area contributed by atoms with Crippen molar-refractivity contribution in [2.75, 3.05) is 36.9 Å². The van der Waals surface area contributed by atoms with Gasteiger partial charge >= 0.3 is 6.18 Å². The van der Waals surface area contributed by atoms with Gasteiger partial charge in [-0.3, -0.25) is 9.69 Å². The Bertz CT molecular complexity index is 1800. The van der Waals surface area contributed by atoms with Crippen LogP contribution in [0.15, 0.2) is 73.1 Å². The van der Waals surface area contributed by atoms with Gasteiger partial charge in [-0.1, -0.05) is 47.7 Å². The Morgan fingerprint density at radius 3 is 2.73 bits per heavy atom. The highest BCUT2D eigenvalue weighted by Crippen LogP contribution is 2.36. The summed E-state index contributed by atoms with van der Waals surface area (Å²) in [4.78, 5) is 30.6. The predicted octanol–water partition coefficient (Wildman–Crippen LogP) is 6.23. The number of thiazole rings is 1. The number of carbonyl (C=O) groups excluding carboxylic acids is 1. The summed E-state index contributed by atoms with van der Waals surface area (Å²) in [6, 6.07) is 19.2. The zero-order valence-corrected chi connectivity index (χ0v) is 24.9. The molecule has 1 aliphatic rings. The molecule has 0 spiro atoms. The summed E-state index contributed by atoms with van der Waals surface area (Å²) in [6.45, 7) is 4.25. The second-order valence-electron chi connectivity index (χ2n) is 10.3. The first-order valence-electron chi connectivity index (χ1n) is 14.1. The molecule has 1 atom stereocenters. The van der Waals surface area contributed by atoms with Crippen LogP contribution in [0.25, 0.3) is 21.5 Å². The van der Waals surface area contributed by atoms with E-state index in [1.54, 1.807) is 12.1 Å². The first-order valence-corrected chi connectivity index (χ1v) is 14.9. The Morgan fingerprint density at radius 2 is 1.93 bits per heavy atom. The van der Waals surface area contributed by atoms with E-state index in [-0.39, 0.29) is 30.3 Å². The van der Waals surface area contributed by atoms with Gasteiger partial charge in [0.05, 0.1) is 23.1 Å². The summed E-state index contributed by atoms with van der Waals surface area (Å²) < 4.78 is 53.8. The number of amides is 1. The van der Waals surface area contributed by atoms with E-state index < -0.39 is 11.9 Å². The number of anilines is 2. The SMILES string of the molecule is CC(=O)Nc1nc2c(Oc3cc(-c4ccc(C(F)(F)F)nc4NCC4CN(Cc5ccccc5)CCO4)ncn3)cccc2s1. The number of pyridine rings is 1. The first-order chi connectivity index (χ1) is 21.7. The van der Waals surface area contributed by atoms with Gasteiger partial charge in [-0.25, -0.2) is 19.9 Å². The summed E-state index contributed by atoms with van der Waals surface area (Å²) in [7, 11) is 0. The first kappa shape index (κ1) is 30.4. The van der Waals surface area contributed by atoms with Crippen molar-refractivity contribution in [2.24, 2.45) is 0 Å². The molecule has 14 heteroatoms. The van der Waals surface area contributed by atoms with E-state index in [0.717, 1.165) is 23.9 Å². The molecule has 232 valence electrons. The smallest absolute Gasteiger partial charge is 0.433 e. The summed E-state index contributed by atoms with van der Waals surface area (Å²) in [5, 5.41) is 6.18. The van der Waals surface area contributed by atoms with Gasteiger partial charge in [0.2, 0.25) is 11.8 Å². The molecule has 0 bridgehead atoms. The van der Waals surface area contributed by atoms with Crippen LogP contribution in [0.3, 0.4) is 0 Å². The normalized spacial score (nSPS) is 15.6. The summed E-state index contributed by atoms with van der Waals surface area (Å²) >= 11 is 1.30. The Kier molecular flexibility index (Phi) is 8.87. The quantitative estimate of drug-likeness (QED) is 0.195. The fourth-order valence-electron chi connectivity index (χ4n) is 4.92. The van der Waals surface area contributed by atoms with Gasteiger partial charge in [-0.05, 0) is 29.8 Å². The third-order valence-corrected chi connectivity index (χ3v) is 7.89. The van der Waals surface area contributed by atoms with Crippen molar-refractivity contribution in [3.05, 3.63) is 84.3 Å². The van der Waals surface area contributed by atoms with Crippen LogP contribution in [0.4, 0.5) is 24.1 Å². The van der Waals surface area contributed by atoms with E-state index in [2.05, 4.69) is 47.6 Å². The van der Waals surface area contributed by atoms with E-state index in [4.69, 9.17) is 9.47 Å². The van der Waals surface area contributed by atoms with E-state index in [0.29, 0.717) is 40.8 Å². The number of aromatic nitrogens is 4. The van der Waals surface area contributed by atoms with Crippen LogP contribution in [-0.2, 0) is 22.3 Å². The van der Waals surface area contributed by atoms with Crippen LogP contribution in [0.1, 0.15) is 18.2 Å². The lowest BCUT2D eigenvalue weighted by atomic mass is 10.1. The maximum absolute atomic E-state index is 13.7. The molecule has 1 aliphatic heterocycles. The van der Waals surface area contributed by atoms with Crippen molar-refractivity contribution in [2.45, 2.75) is 25.7 Å². The van der Waals surface area contributed by atoms with Gasteiger partial charge in [-0.2, -0.15) is 13.2 Å².